The zero-order valence-electron chi connectivity index (χ0n) is 17.4. The molecule has 0 unspecified atom stereocenters. The summed E-state index contributed by atoms with van der Waals surface area (Å²) in [5, 5.41) is 3.69. The lowest BCUT2D eigenvalue weighted by Crippen LogP contribution is -2.65. The molecule has 0 saturated carbocycles. The lowest BCUT2D eigenvalue weighted by molar-refractivity contribution is -0.118. The van der Waals surface area contributed by atoms with Gasteiger partial charge in [0.1, 0.15) is 17.3 Å². The Morgan fingerprint density at radius 3 is 2.55 bits per heavy atom. The van der Waals surface area contributed by atoms with Crippen LogP contribution in [0, 0.1) is 0 Å². The number of hydrogen-bond acceptors (Lipinski definition) is 5. The maximum atomic E-state index is 12.9. The fourth-order valence-corrected chi connectivity index (χ4v) is 4.12. The summed E-state index contributed by atoms with van der Waals surface area (Å²) in [4.78, 5) is 42.0. The van der Waals surface area contributed by atoms with Crippen LogP contribution >= 0.6 is 0 Å². The third-order valence-corrected chi connectivity index (χ3v) is 5.48. The number of anilines is 2. The maximum absolute atomic E-state index is 12.9. The third-order valence-electron chi connectivity index (χ3n) is 5.48. The molecule has 154 valence electrons. The number of fused-ring (bicyclic) bond motifs is 5. The minimum absolute atomic E-state index is 0.178. The van der Waals surface area contributed by atoms with Gasteiger partial charge in [-0.3, -0.25) is 9.59 Å². The van der Waals surface area contributed by atoms with Gasteiger partial charge in [-0.15, -0.1) is 0 Å². The summed E-state index contributed by atoms with van der Waals surface area (Å²) in [6.45, 7) is 8.01. The molecule has 1 aromatic heterocycles. The number of benzene rings is 1. The number of pyridine rings is 1. The third kappa shape index (κ3) is 3.12. The highest BCUT2D eigenvalue weighted by Crippen LogP contribution is 2.38. The van der Waals surface area contributed by atoms with Crippen molar-refractivity contribution < 1.29 is 14.3 Å². The highest BCUT2D eigenvalue weighted by molar-refractivity contribution is 6.10. The minimum Gasteiger partial charge on any atom is -0.444 e. The van der Waals surface area contributed by atoms with Crippen LogP contribution in [0.25, 0.3) is 10.9 Å². The number of nitrogens with zero attached hydrogens (tertiary/aromatic N) is 3. The van der Waals surface area contributed by atoms with Crippen molar-refractivity contribution in [2.24, 2.45) is 7.05 Å². The van der Waals surface area contributed by atoms with Crippen molar-refractivity contribution in [3.8, 4) is 0 Å². The fourth-order valence-electron chi connectivity index (χ4n) is 4.12. The van der Waals surface area contributed by atoms with E-state index in [-0.39, 0.29) is 24.1 Å². The van der Waals surface area contributed by atoms with Gasteiger partial charge in [0.25, 0.3) is 5.56 Å². The second kappa shape index (κ2) is 6.50. The van der Waals surface area contributed by atoms with Gasteiger partial charge in [0.15, 0.2) is 0 Å². The van der Waals surface area contributed by atoms with Gasteiger partial charge in [0.05, 0.1) is 17.7 Å². The molecular weight excluding hydrogens is 372 g/mol. The molecule has 2 aliphatic heterocycles. The van der Waals surface area contributed by atoms with Crippen molar-refractivity contribution in [2.45, 2.75) is 45.4 Å². The predicted octanol–water partition coefficient (Wildman–Crippen LogP) is 2.30. The first-order valence-corrected chi connectivity index (χ1v) is 9.77. The Hall–Kier alpha value is -3.03. The molecule has 2 amide bonds. The molecule has 1 saturated heterocycles. The Morgan fingerprint density at radius 1 is 1.17 bits per heavy atom. The lowest BCUT2D eigenvalue weighted by Gasteiger charge is -2.48. The molecule has 3 heterocycles. The smallest absolute Gasteiger partial charge is 0.410 e. The fraction of sp³-hybridized carbons (Fsp3) is 0.476. The van der Waals surface area contributed by atoms with Gasteiger partial charge in [-0.25, -0.2) is 4.79 Å². The van der Waals surface area contributed by atoms with Crippen LogP contribution in [0.1, 0.15) is 27.7 Å². The van der Waals surface area contributed by atoms with Crippen LogP contribution in [-0.4, -0.2) is 52.2 Å². The van der Waals surface area contributed by atoms with Gasteiger partial charge in [0, 0.05) is 25.0 Å². The van der Waals surface area contributed by atoms with Gasteiger partial charge in [-0.2, -0.15) is 0 Å². The number of para-hydroxylation sites is 1. The second-order valence-corrected chi connectivity index (χ2v) is 8.74. The summed E-state index contributed by atoms with van der Waals surface area (Å²) in [5.74, 6) is -0.287. The molecule has 2 aromatic rings. The number of amides is 2. The van der Waals surface area contributed by atoms with Gasteiger partial charge in [-0.1, -0.05) is 18.2 Å². The van der Waals surface area contributed by atoms with Gasteiger partial charge >= 0.3 is 6.09 Å². The van der Waals surface area contributed by atoms with E-state index in [1.54, 1.807) is 16.5 Å². The van der Waals surface area contributed by atoms with Gasteiger partial charge in [-0.05, 0) is 33.8 Å². The summed E-state index contributed by atoms with van der Waals surface area (Å²) in [7, 11) is 1.70. The maximum Gasteiger partial charge on any atom is 0.410 e. The molecule has 29 heavy (non-hydrogen) atoms. The van der Waals surface area contributed by atoms with E-state index in [1.807, 2.05) is 56.9 Å². The molecule has 1 fully saturated rings. The first-order valence-electron chi connectivity index (χ1n) is 9.77. The molecule has 2 atom stereocenters. The van der Waals surface area contributed by atoms with Crippen LogP contribution < -0.4 is 15.8 Å². The molecule has 0 radical (unpaired) electrons. The standard InChI is InChI=1S/C21H26N4O4/c1-12-10-25-15(11-24(12)20(28)29-21(2,3)4)18(26)22-16-17(25)13-8-6-7-9-14(13)23(5)19(16)27/h6-9,12,15H,10-11H2,1-5H3,(H,22,26)/t12-,15-/m1/s1. The van der Waals surface area contributed by atoms with Crippen molar-refractivity contribution in [2.75, 3.05) is 23.3 Å². The number of aryl methyl sites for hydroxylation is 1. The highest BCUT2D eigenvalue weighted by atomic mass is 16.6. The summed E-state index contributed by atoms with van der Waals surface area (Å²) < 4.78 is 7.07. The van der Waals surface area contributed by atoms with E-state index in [2.05, 4.69) is 5.32 Å². The average Bonchev–Trinajstić information content (AvgIpc) is 2.64. The van der Waals surface area contributed by atoms with E-state index in [0.717, 1.165) is 16.6 Å². The average molecular weight is 398 g/mol. The van der Waals surface area contributed by atoms with Crippen molar-refractivity contribution in [3.63, 3.8) is 0 Å². The SMILES string of the molecule is C[C@@H]1CN2c3c(c(=O)n(C)c4ccccc34)NC(=O)[C@H]2CN1C(=O)OC(C)(C)C. The van der Waals surface area contributed by atoms with Gasteiger partial charge in [0.2, 0.25) is 5.91 Å². The van der Waals surface area contributed by atoms with Crippen LogP contribution in [0.4, 0.5) is 16.2 Å². The molecule has 4 rings (SSSR count). The van der Waals surface area contributed by atoms with Crippen molar-refractivity contribution in [1.29, 1.82) is 0 Å². The lowest BCUT2D eigenvalue weighted by atomic mass is 10.00. The number of piperazine rings is 1. The number of carbonyl (C=O) groups is 2. The quantitative estimate of drug-likeness (QED) is 0.736. The summed E-state index contributed by atoms with van der Waals surface area (Å²) in [5.41, 5.74) is 0.966. The van der Waals surface area contributed by atoms with Gasteiger partial charge < -0.3 is 24.4 Å². The summed E-state index contributed by atoms with van der Waals surface area (Å²) in [6.07, 6.45) is -0.433. The molecule has 2 aliphatic rings. The van der Waals surface area contributed by atoms with Crippen molar-refractivity contribution in [1.82, 2.24) is 9.47 Å². The molecule has 0 spiro atoms. The van der Waals surface area contributed by atoms with E-state index in [9.17, 15) is 14.4 Å². The largest absolute Gasteiger partial charge is 0.444 e. The first kappa shape index (κ1) is 19.3. The second-order valence-electron chi connectivity index (χ2n) is 8.74. The van der Waals surface area contributed by atoms with Crippen LogP contribution in [0.5, 0.6) is 0 Å². The molecule has 1 aromatic carbocycles. The number of hydrogen-bond donors (Lipinski definition) is 1. The number of rotatable bonds is 0. The summed E-state index contributed by atoms with van der Waals surface area (Å²) >= 11 is 0. The Morgan fingerprint density at radius 2 is 1.86 bits per heavy atom. The first-order chi connectivity index (χ1) is 13.6. The van der Waals surface area contributed by atoms with Crippen LogP contribution in [-0.2, 0) is 16.6 Å². The Bertz CT molecular complexity index is 1070. The number of ether oxygens (including phenoxy) is 1. The molecule has 8 nitrogen and oxygen atoms in total. The van der Waals surface area contributed by atoms with Crippen LogP contribution in [0.3, 0.4) is 0 Å². The van der Waals surface area contributed by atoms with E-state index in [4.69, 9.17) is 4.74 Å². The summed E-state index contributed by atoms with van der Waals surface area (Å²) in [6, 6.07) is 6.88. The van der Waals surface area contributed by atoms with Crippen LogP contribution in [0.15, 0.2) is 29.1 Å². The molecule has 0 aliphatic carbocycles. The van der Waals surface area contributed by atoms with E-state index in [0.29, 0.717) is 12.2 Å². The predicted molar refractivity (Wildman–Crippen MR) is 111 cm³/mol. The molecule has 0 bridgehead atoms. The molecule has 8 heteroatoms. The zero-order chi connectivity index (χ0) is 21.1. The molecule has 1 N–H and O–H groups in total. The number of nitrogens with one attached hydrogen (secondary N) is 1. The normalized spacial score (nSPS) is 21.5. The number of carbonyl (C=O) groups excluding carboxylic acids is 2. The van der Waals surface area contributed by atoms with E-state index >= 15 is 0 Å². The highest BCUT2D eigenvalue weighted by Gasteiger charge is 2.44. The number of aromatic nitrogens is 1. The Kier molecular flexibility index (Phi) is 4.33. The topological polar surface area (TPSA) is 83.9 Å². The monoisotopic (exact) mass is 398 g/mol. The zero-order valence-corrected chi connectivity index (χ0v) is 17.4. The van der Waals surface area contributed by atoms with Crippen molar-refractivity contribution >= 4 is 34.3 Å². The minimum atomic E-state index is -0.613. The Labute approximate surface area is 169 Å². The van der Waals surface area contributed by atoms with E-state index < -0.39 is 17.7 Å². The van der Waals surface area contributed by atoms with Crippen molar-refractivity contribution in [3.05, 3.63) is 34.6 Å². The Balaban J connectivity index is 1.78. The molecular formula is C21H26N4O4. The van der Waals surface area contributed by atoms with E-state index in [1.165, 1.54) is 0 Å². The van der Waals surface area contributed by atoms with Crippen LogP contribution in [0.2, 0.25) is 0 Å².